The van der Waals surface area contributed by atoms with Gasteiger partial charge in [0.05, 0.1) is 6.26 Å². The molecule has 1 rings (SSSR count). The van der Waals surface area contributed by atoms with E-state index in [1.807, 2.05) is 0 Å². The number of aliphatic hydroxyl groups excluding tert-OH is 1. The molecule has 12 heavy (non-hydrogen) atoms. The molecule has 0 saturated heterocycles. The molecule has 0 amide bonds. The Kier molecular flexibility index (Phi) is 2.64. The zero-order valence-corrected chi connectivity index (χ0v) is 6.82. The second-order valence-corrected chi connectivity index (χ2v) is 2.49. The van der Waals surface area contributed by atoms with Crippen LogP contribution in [0, 0.1) is 0 Å². The van der Waals surface area contributed by atoms with Crippen LogP contribution in [0.4, 0.5) is 0 Å². The van der Waals surface area contributed by atoms with E-state index >= 15 is 0 Å². The van der Waals surface area contributed by atoms with Gasteiger partial charge in [-0.25, -0.2) is 0 Å². The summed E-state index contributed by atoms with van der Waals surface area (Å²) in [6.07, 6.45) is 2.53. The average molecular weight is 162 g/mol. The Bertz CT molecular complexity index is 296. The third kappa shape index (κ3) is 1.95. The number of benzene rings is 1. The van der Waals surface area contributed by atoms with Gasteiger partial charge in [0.25, 0.3) is 0 Å². The van der Waals surface area contributed by atoms with E-state index in [0.717, 1.165) is 11.8 Å². The van der Waals surface area contributed by atoms with Crippen molar-refractivity contribution in [3.8, 4) is 0 Å². The molecule has 0 atom stereocenters. The standard InChI is InChI=1S/C10H10O2/c1-8(12)10-4-2-9(3-5-10)6-7-11/h2-7,11H,1H3/b7-6+. The summed E-state index contributed by atoms with van der Waals surface area (Å²) in [5, 5.41) is 8.45. The van der Waals surface area contributed by atoms with Crippen LogP contribution < -0.4 is 0 Å². The second-order valence-electron chi connectivity index (χ2n) is 2.49. The van der Waals surface area contributed by atoms with Crippen molar-refractivity contribution in [3.63, 3.8) is 0 Å². The van der Waals surface area contributed by atoms with Crippen LogP contribution in [0.15, 0.2) is 30.5 Å². The van der Waals surface area contributed by atoms with E-state index in [0.29, 0.717) is 5.56 Å². The monoisotopic (exact) mass is 162 g/mol. The number of hydrogen-bond acceptors (Lipinski definition) is 2. The number of hydrogen-bond donors (Lipinski definition) is 1. The fraction of sp³-hybridized carbons (Fsp3) is 0.100. The molecule has 0 aromatic heterocycles. The van der Waals surface area contributed by atoms with Crippen LogP contribution in [-0.2, 0) is 0 Å². The Hall–Kier alpha value is -1.57. The first-order valence-electron chi connectivity index (χ1n) is 3.66. The molecule has 0 unspecified atom stereocenters. The van der Waals surface area contributed by atoms with Crippen molar-refractivity contribution in [2.75, 3.05) is 0 Å². The van der Waals surface area contributed by atoms with Crippen molar-refractivity contribution in [2.45, 2.75) is 6.92 Å². The molecule has 1 aromatic rings. The third-order valence-electron chi connectivity index (χ3n) is 1.58. The summed E-state index contributed by atoms with van der Waals surface area (Å²) in [7, 11) is 0. The first-order chi connectivity index (χ1) is 5.74. The minimum Gasteiger partial charge on any atom is -0.516 e. The summed E-state index contributed by atoms with van der Waals surface area (Å²) >= 11 is 0. The Morgan fingerprint density at radius 1 is 1.33 bits per heavy atom. The zero-order valence-electron chi connectivity index (χ0n) is 6.82. The molecule has 0 spiro atoms. The lowest BCUT2D eigenvalue weighted by Gasteiger charge is -1.95. The van der Waals surface area contributed by atoms with Crippen LogP contribution in [0.5, 0.6) is 0 Å². The molecule has 62 valence electrons. The molecule has 0 bridgehead atoms. The van der Waals surface area contributed by atoms with E-state index in [1.54, 1.807) is 30.3 Å². The van der Waals surface area contributed by atoms with Gasteiger partial charge in [-0.1, -0.05) is 24.3 Å². The summed E-state index contributed by atoms with van der Waals surface area (Å²) in [5.41, 5.74) is 1.56. The van der Waals surface area contributed by atoms with Crippen LogP contribution in [0.1, 0.15) is 22.8 Å². The quantitative estimate of drug-likeness (QED) is 0.535. The molecule has 2 nitrogen and oxygen atoms in total. The maximum atomic E-state index is 10.8. The Morgan fingerprint density at radius 2 is 1.92 bits per heavy atom. The molecule has 0 fully saturated rings. The maximum Gasteiger partial charge on any atom is 0.159 e. The highest BCUT2D eigenvalue weighted by molar-refractivity contribution is 5.94. The van der Waals surface area contributed by atoms with Crippen LogP contribution in [-0.4, -0.2) is 10.9 Å². The van der Waals surface area contributed by atoms with Crippen LogP contribution in [0.3, 0.4) is 0 Å². The third-order valence-corrected chi connectivity index (χ3v) is 1.58. The SMILES string of the molecule is CC(=O)c1ccc(/C=C/O)cc1. The summed E-state index contributed by atoms with van der Waals surface area (Å²) in [4.78, 5) is 10.8. The molecule has 0 saturated carbocycles. The van der Waals surface area contributed by atoms with Gasteiger partial charge in [-0.05, 0) is 18.6 Å². The van der Waals surface area contributed by atoms with Gasteiger partial charge < -0.3 is 5.11 Å². The molecular weight excluding hydrogens is 152 g/mol. The van der Waals surface area contributed by atoms with Gasteiger partial charge in [-0.3, -0.25) is 4.79 Å². The molecule has 0 aliphatic heterocycles. The van der Waals surface area contributed by atoms with Gasteiger partial charge in [0.1, 0.15) is 0 Å². The van der Waals surface area contributed by atoms with Crippen molar-refractivity contribution >= 4 is 11.9 Å². The van der Waals surface area contributed by atoms with Crippen molar-refractivity contribution in [1.29, 1.82) is 0 Å². The fourth-order valence-corrected chi connectivity index (χ4v) is 0.915. The molecule has 1 aromatic carbocycles. The summed E-state index contributed by atoms with van der Waals surface area (Å²) < 4.78 is 0. The lowest BCUT2D eigenvalue weighted by Crippen LogP contribution is -1.90. The van der Waals surface area contributed by atoms with Crippen molar-refractivity contribution in [1.82, 2.24) is 0 Å². The summed E-state index contributed by atoms with van der Waals surface area (Å²) in [6.45, 7) is 1.52. The van der Waals surface area contributed by atoms with Crippen molar-refractivity contribution < 1.29 is 9.90 Å². The molecule has 1 N–H and O–H groups in total. The minimum atomic E-state index is 0.0505. The van der Waals surface area contributed by atoms with E-state index in [4.69, 9.17) is 5.11 Å². The van der Waals surface area contributed by atoms with Gasteiger partial charge >= 0.3 is 0 Å². The largest absolute Gasteiger partial charge is 0.516 e. The van der Waals surface area contributed by atoms with Crippen LogP contribution in [0.2, 0.25) is 0 Å². The van der Waals surface area contributed by atoms with E-state index in [2.05, 4.69) is 0 Å². The second kappa shape index (κ2) is 3.72. The van der Waals surface area contributed by atoms with Gasteiger partial charge in [-0.2, -0.15) is 0 Å². The Morgan fingerprint density at radius 3 is 2.33 bits per heavy atom. The van der Waals surface area contributed by atoms with Crippen molar-refractivity contribution in [3.05, 3.63) is 41.7 Å². The van der Waals surface area contributed by atoms with Crippen LogP contribution >= 0.6 is 0 Å². The molecule has 2 heteroatoms. The van der Waals surface area contributed by atoms with Crippen molar-refractivity contribution in [2.24, 2.45) is 0 Å². The highest BCUT2D eigenvalue weighted by Gasteiger charge is 1.96. The number of carbonyl (C=O) groups excluding carboxylic acids is 1. The van der Waals surface area contributed by atoms with E-state index in [9.17, 15) is 4.79 Å². The normalized spacial score (nSPS) is 10.4. The van der Waals surface area contributed by atoms with E-state index < -0.39 is 0 Å². The first kappa shape index (κ1) is 8.53. The van der Waals surface area contributed by atoms with E-state index in [1.165, 1.54) is 6.92 Å². The molecule has 0 heterocycles. The lowest BCUT2D eigenvalue weighted by molar-refractivity contribution is 0.101. The zero-order chi connectivity index (χ0) is 8.97. The minimum absolute atomic E-state index is 0.0505. The average Bonchev–Trinajstić information content (AvgIpc) is 2.06. The highest BCUT2D eigenvalue weighted by Crippen LogP contribution is 2.06. The number of aliphatic hydroxyl groups is 1. The van der Waals surface area contributed by atoms with Gasteiger partial charge in [0.15, 0.2) is 5.78 Å². The van der Waals surface area contributed by atoms with Crippen LogP contribution in [0.25, 0.3) is 6.08 Å². The Balaban J connectivity index is 2.93. The molecular formula is C10H10O2. The predicted octanol–water partition coefficient (Wildman–Crippen LogP) is 2.42. The van der Waals surface area contributed by atoms with E-state index in [-0.39, 0.29) is 5.78 Å². The Labute approximate surface area is 71.2 Å². The fourth-order valence-electron chi connectivity index (χ4n) is 0.915. The maximum absolute atomic E-state index is 10.8. The molecule has 0 aliphatic rings. The summed E-state index contributed by atoms with van der Waals surface area (Å²) in [5.74, 6) is 0.0505. The number of rotatable bonds is 2. The van der Waals surface area contributed by atoms with Gasteiger partial charge in [-0.15, -0.1) is 0 Å². The lowest BCUT2D eigenvalue weighted by atomic mass is 10.1. The predicted molar refractivity (Wildman–Crippen MR) is 48.1 cm³/mol. The topological polar surface area (TPSA) is 37.3 Å². The smallest absolute Gasteiger partial charge is 0.159 e. The molecule has 0 aliphatic carbocycles. The van der Waals surface area contributed by atoms with Gasteiger partial charge in [0, 0.05) is 5.56 Å². The molecule has 0 radical (unpaired) electrons. The number of Topliss-reactive ketones (excluding diaryl/α,β-unsaturated/α-hetero) is 1. The highest BCUT2D eigenvalue weighted by atomic mass is 16.2. The van der Waals surface area contributed by atoms with Gasteiger partial charge in [0.2, 0.25) is 0 Å². The first-order valence-corrected chi connectivity index (χ1v) is 3.66. The number of carbonyl (C=O) groups is 1. The summed E-state index contributed by atoms with van der Waals surface area (Å²) in [6, 6.07) is 7.03. The number of ketones is 1.